The van der Waals surface area contributed by atoms with Crippen LogP contribution >= 0.6 is 0 Å². The van der Waals surface area contributed by atoms with Gasteiger partial charge >= 0.3 is 5.97 Å². The number of esters is 1. The predicted octanol–water partition coefficient (Wildman–Crippen LogP) is 5.04. The number of anilines is 1. The molecular weight excluding hydrogens is 544 g/mol. The lowest BCUT2D eigenvalue weighted by Gasteiger charge is -2.41. The van der Waals surface area contributed by atoms with Gasteiger partial charge in [-0.1, -0.05) is 62.8 Å². The van der Waals surface area contributed by atoms with Gasteiger partial charge in [0.1, 0.15) is 17.6 Å². The lowest BCUT2D eigenvalue weighted by molar-refractivity contribution is -0.161. The van der Waals surface area contributed by atoms with Crippen molar-refractivity contribution in [3.63, 3.8) is 0 Å². The fourth-order valence-electron chi connectivity index (χ4n) is 7.61. The summed E-state index contributed by atoms with van der Waals surface area (Å²) in [5.41, 5.74) is -1.47. The molecule has 7 atom stereocenters. The van der Waals surface area contributed by atoms with E-state index in [-0.39, 0.29) is 37.5 Å². The van der Waals surface area contributed by atoms with Gasteiger partial charge in [-0.3, -0.25) is 14.4 Å². The maximum atomic E-state index is 14.9. The second kappa shape index (κ2) is 12.2. The molecule has 2 bridgehead atoms. The summed E-state index contributed by atoms with van der Waals surface area (Å²) in [5, 5.41) is 12.7. The number of allylic oxidation sites excluding steroid dienone is 1. The van der Waals surface area contributed by atoms with Crippen LogP contribution in [-0.4, -0.2) is 70.8 Å². The number of hydrogen-bond acceptors (Lipinski definition) is 6. The molecule has 3 heterocycles. The summed E-state index contributed by atoms with van der Waals surface area (Å²) in [7, 11) is 0. The molecule has 0 aliphatic carbocycles. The molecule has 1 spiro atoms. The SMILES string of the molecule is C=CCCCOC(=O)[C@@H]1[C@H]2C(=O)N([C@@H](CO)[C@@H](C)CC)C(C(=O)N(CC=C)c3ccc4ccccc4c3)C23CC[C@@]1(C)O3. The second-order valence-corrected chi connectivity index (χ2v) is 12.5. The van der Waals surface area contributed by atoms with Gasteiger partial charge in [0.2, 0.25) is 5.91 Å². The topological polar surface area (TPSA) is 96.4 Å². The summed E-state index contributed by atoms with van der Waals surface area (Å²) in [6, 6.07) is 12.1. The normalized spacial score (nSPS) is 28.9. The third-order valence-electron chi connectivity index (χ3n) is 9.97. The molecule has 5 rings (SSSR count). The highest BCUT2D eigenvalue weighted by molar-refractivity contribution is 6.05. The zero-order chi connectivity index (χ0) is 30.9. The molecule has 2 aromatic carbocycles. The molecule has 0 saturated carbocycles. The molecule has 3 fully saturated rings. The fraction of sp³-hybridized carbons (Fsp3) is 0.514. The predicted molar refractivity (Wildman–Crippen MR) is 166 cm³/mol. The average molecular weight is 589 g/mol. The molecule has 1 N–H and O–H groups in total. The van der Waals surface area contributed by atoms with E-state index < -0.39 is 41.1 Å². The first kappa shape index (κ1) is 31.0. The third-order valence-corrected chi connectivity index (χ3v) is 9.97. The molecule has 230 valence electrons. The van der Waals surface area contributed by atoms with E-state index in [1.54, 1.807) is 22.0 Å². The van der Waals surface area contributed by atoms with Crippen LogP contribution in [0.1, 0.15) is 52.9 Å². The first-order valence-corrected chi connectivity index (χ1v) is 15.5. The van der Waals surface area contributed by atoms with Crippen molar-refractivity contribution in [1.82, 2.24) is 4.90 Å². The fourth-order valence-corrected chi connectivity index (χ4v) is 7.61. The number of hydrogen-bond donors (Lipinski definition) is 1. The van der Waals surface area contributed by atoms with Crippen molar-refractivity contribution in [2.45, 2.75) is 76.2 Å². The van der Waals surface area contributed by atoms with Crippen molar-refractivity contribution < 1.29 is 29.0 Å². The highest BCUT2D eigenvalue weighted by Crippen LogP contribution is 2.64. The molecule has 3 aliphatic heterocycles. The molecule has 2 amide bonds. The molecule has 43 heavy (non-hydrogen) atoms. The Bertz CT molecular complexity index is 1410. The van der Waals surface area contributed by atoms with Crippen LogP contribution in [0.25, 0.3) is 10.8 Å². The molecule has 0 aromatic heterocycles. The first-order valence-electron chi connectivity index (χ1n) is 15.5. The van der Waals surface area contributed by atoms with Gasteiger partial charge in [-0.25, -0.2) is 0 Å². The molecule has 3 aliphatic rings. The number of aliphatic hydroxyl groups is 1. The zero-order valence-corrected chi connectivity index (χ0v) is 25.5. The monoisotopic (exact) mass is 588 g/mol. The Morgan fingerprint density at radius 2 is 1.93 bits per heavy atom. The molecule has 8 nitrogen and oxygen atoms in total. The molecule has 2 aromatic rings. The van der Waals surface area contributed by atoms with Crippen molar-refractivity contribution >= 4 is 34.2 Å². The van der Waals surface area contributed by atoms with Crippen molar-refractivity contribution in [3.8, 4) is 0 Å². The van der Waals surface area contributed by atoms with Crippen molar-refractivity contribution in [2.24, 2.45) is 17.8 Å². The minimum atomic E-state index is -1.22. The molecular formula is C35H44N2O6. The van der Waals surface area contributed by atoms with Gasteiger partial charge in [0.15, 0.2) is 0 Å². The largest absolute Gasteiger partial charge is 0.465 e. The number of nitrogens with zero attached hydrogens (tertiary/aromatic N) is 2. The number of likely N-dealkylation sites (tertiary alicyclic amines) is 1. The minimum Gasteiger partial charge on any atom is -0.465 e. The smallest absolute Gasteiger partial charge is 0.312 e. The Hall–Kier alpha value is -3.49. The van der Waals surface area contributed by atoms with E-state index >= 15 is 0 Å². The van der Waals surface area contributed by atoms with Gasteiger partial charge < -0.3 is 24.4 Å². The third kappa shape index (κ3) is 5.08. The van der Waals surface area contributed by atoms with Crippen molar-refractivity contribution in [3.05, 3.63) is 67.8 Å². The van der Waals surface area contributed by atoms with Crippen LogP contribution in [0.2, 0.25) is 0 Å². The Balaban J connectivity index is 1.59. The highest BCUT2D eigenvalue weighted by atomic mass is 16.6. The van der Waals surface area contributed by atoms with E-state index in [9.17, 15) is 19.5 Å². The number of ether oxygens (including phenoxy) is 2. The standard InChI is InChI=1S/C35H44N2O6/c1-6-9-12-20-42-33(41)29-28-31(39)37(27(22-38)23(4)8-3)30(35(28)18-17-34(29,5)43-35)32(40)36(19-7-2)26-16-15-24-13-10-11-14-25(24)21-26/h6-7,10-11,13-16,21,23,27-30,38H,1-2,8-9,12,17-20,22H2,3-5H3/t23-,27-,28-,29-,30?,34+,35?/m0/s1. The maximum Gasteiger partial charge on any atom is 0.312 e. The van der Waals surface area contributed by atoms with Crippen LogP contribution in [0.15, 0.2) is 67.8 Å². The van der Waals surface area contributed by atoms with E-state index in [4.69, 9.17) is 9.47 Å². The molecule has 0 radical (unpaired) electrons. The summed E-state index contributed by atoms with van der Waals surface area (Å²) in [4.78, 5) is 46.3. The first-order chi connectivity index (χ1) is 20.7. The Morgan fingerprint density at radius 1 is 1.19 bits per heavy atom. The highest BCUT2D eigenvalue weighted by Gasteiger charge is 2.79. The van der Waals surface area contributed by atoms with Crippen molar-refractivity contribution in [1.29, 1.82) is 0 Å². The van der Waals surface area contributed by atoms with Crippen LogP contribution in [0.3, 0.4) is 0 Å². The van der Waals surface area contributed by atoms with Gasteiger partial charge in [0.05, 0.1) is 30.8 Å². The summed E-state index contributed by atoms with van der Waals surface area (Å²) >= 11 is 0. The number of amides is 2. The lowest BCUT2D eigenvalue weighted by atomic mass is 9.66. The number of carbonyl (C=O) groups excluding carboxylic acids is 3. The molecule has 8 heteroatoms. The molecule has 3 saturated heterocycles. The average Bonchev–Trinajstić information content (AvgIpc) is 3.58. The van der Waals surface area contributed by atoms with Gasteiger partial charge in [0, 0.05) is 12.2 Å². The summed E-state index contributed by atoms with van der Waals surface area (Å²) < 4.78 is 12.5. The van der Waals surface area contributed by atoms with E-state index in [1.165, 1.54) is 0 Å². The van der Waals surface area contributed by atoms with E-state index in [1.807, 2.05) is 63.2 Å². The maximum absolute atomic E-state index is 14.9. The van der Waals surface area contributed by atoms with Gasteiger partial charge in [-0.15, -0.1) is 13.2 Å². The number of rotatable bonds is 13. The number of fused-ring (bicyclic) bond motifs is 2. The van der Waals surface area contributed by atoms with Crippen LogP contribution in [0.4, 0.5) is 5.69 Å². The van der Waals surface area contributed by atoms with Gasteiger partial charge in [-0.2, -0.15) is 0 Å². The lowest BCUT2D eigenvalue weighted by Crippen LogP contribution is -2.60. The quantitative estimate of drug-likeness (QED) is 0.200. The Morgan fingerprint density at radius 3 is 2.60 bits per heavy atom. The van der Waals surface area contributed by atoms with Gasteiger partial charge in [0.25, 0.3) is 5.91 Å². The van der Waals surface area contributed by atoms with Crippen LogP contribution < -0.4 is 4.90 Å². The van der Waals surface area contributed by atoms with Crippen molar-refractivity contribution in [2.75, 3.05) is 24.7 Å². The Kier molecular flexibility index (Phi) is 8.82. The van der Waals surface area contributed by atoms with Gasteiger partial charge in [-0.05, 0) is 61.4 Å². The van der Waals surface area contributed by atoms with Crippen LogP contribution in [-0.2, 0) is 23.9 Å². The Labute approximate surface area is 254 Å². The molecule has 2 unspecified atom stereocenters. The number of carbonyl (C=O) groups is 3. The minimum absolute atomic E-state index is 0.0925. The summed E-state index contributed by atoms with van der Waals surface area (Å²) in [6.07, 6.45) is 6.45. The second-order valence-electron chi connectivity index (χ2n) is 12.5. The van der Waals surface area contributed by atoms with E-state index in [2.05, 4.69) is 13.2 Å². The van der Waals surface area contributed by atoms with Crippen LogP contribution in [0, 0.1) is 17.8 Å². The summed E-state index contributed by atoms with van der Waals surface area (Å²) in [6.45, 7) is 13.6. The number of benzene rings is 2. The van der Waals surface area contributed by atoms with Crippen LogP contribution in [0.5, 0.6) is 0 Å². The van der Waals surface area contributed by atoms with E-state index in [0.29, 0.717) is 37.8 Å². The van der Waals surface area contributed by atoms with E-state index in [0.717, 1.165) is 10.8 Å². The number of unbranched alkanes of at least 4 members (excludes halogenated alkanes) is 1. The number of aliphatic hydroxyl groups excluding tert-OH is 1. The summed E-state index contributed by atoms with van der Waals surface area (Å²) in [5.74, 6) is -2.93. The zero-order valence-electron chi connectivity index (χ0n) is 25.5.